The van der Waals surface area contributed by atoms with Crippen LogP contribution in [0.5, 0.6) is 0 Å². The molecule has 0 bridgehead atoms. The van der Waals surface area contributed by atoms with Crippen molar-refractivity contribution in [3.63, 3.8) is 0 Å². The number of carbonyl (C=O) groups excluding carboxylic acids is 2. The fourth-order valence-electron chi connectivity index (χ4n) is 2.78. The summed E-state index contributed by atoms with van der Waals surface area (Å²) in [5.74, 6) is -0.298. The van der Waals surface area contributed by atoms with Crippen molar-refractivity contribution >= 4 is 11.9 Å². The topological polar surface area (TPSA) is 55.4 Å². The van der Waals surface area contributed by atoms with E-state index in [1.165, 1.54) is 18.2 Å². The van der Waals surface area contributed by atoms with Gasteiger partial charge in [0.1, 0.15) is 6.04 Å². The molecular weight excluding hydrogens is 266 g/mol. The summed E-state index contributed by atoms with van der Waals surface area (Å²) in [6.07, 6.45) is 3.85. The second-order valence-corrected chi connectivity index (χ2v) is 6.02. The molecule has 4 nitrogen and oxygen atoms in total. The van der Waals surface area contributed by atoms with E-state index >= 15 is 0 Å². The number of aryl methyl sites for hydroxylation is 2. The molecule has 0 heterocycles. The van der Waals surface area contributed by atoms with Crippen molar-refractivity contribution in [2.75, 3.05) is 7.11 Å². The van der Waals surface area contributed by atoms with Crippen LogP contribution in [0.15, 0.2) is 18.2 Å². The summed E-state index contributed by atoms with van der Waals surface area (Å²) >= 11 is 0. The van der Waals surface area contributed by atoms with E-state index in [-0.39, 0.29) is 5.91 Å². The second kappa shape index (κ2) is 6.74. The maximum Gasteiger partial charge on any atom is 0.328 e. The minimum atomic E-state index is -0.587. The van der Waals surface area contributed by atoms with Crippen molar-refractivity contribution in [1.29, 1.82) is 0 Å². The van der Waals surface area contributed by atoms with Gasteiger partial charge in [-0.05, 0) is 54.9 Å². The molecule has 1 aliphatic rings. The number of fused-ring (bicyclic) bond motifs is 1. The van der Waals surface area contributed by atoms with Crippen LogP contribution in [-0.2, 0) is 22.4 Å². The van der Waals surface area contributed by atoms with Gasteiger partial charge in [-0.25, -0.2) is 4.79 Å². The Morgan fingerprint density at radius 2 is 1.95 bits per heavy atom. The Morgan fingerprint density at radius 1 is 1.24 bits per heavy atom. The Balaban J connectivity index is 2.09. The normalized spacial score (nSPS) is 14.7. The maximum atomic E-state index is 12.3. The third kappa shape index (κ3) is 3.84. The number of methoxy groups -OCH3 is 1. The molecular formula is C17H23NO3. The molecule has 1 N–H and O–H groups in total. The van der Waals surface area contributed by atoms with Gasteiger partial charge < -0.3 is 10.1 Å². The molecule has 0 saturated carbocycles. The van der Waals surface area contributed by atoms with Gasteiger partial charge in [0, 0.05) is 5.56 Å². The first-order chi connectivity index (χ1) is 10.0. The van der Waals surface area contributed by atoms with Crippen LogP contribution in [0.4, 0.5) is 0 Å². The molecule has 21 heavy (non-hydrogen) atoms. The molecule has 1 aromatic carbocycles. The molecule has 114 valence electrons. The van der Waals surface area contributed by atoms with E-state index in [9.17, 15) is 9.59 Å². The lowest BCUT2D eigenvalue weighted by Crippen LogP contribution is -2.42. The summed E-state index contributed by atoms with van der Waals surface area (Å²) in [5, 5.41) is 2.79. The molecule has 4 heteroatoms. The second-order valence-electron chi connectivity index (χ2n) is 6.02. The minimum Gasteiger partial charge on any atom is -0.467 e. The lowest BCUT2D eigenvalue weighted by atomic mass is 10.0. The van der Waals surface area contributed by atoms with Crippen LogP contribution in [0.2, 0.25) is 0 Å². The highest BCUT2D eigenvalue weighted by Crippen LogP contribution is 2.23. The van der Waals surface area contributed by atoms with Crippen molar-refractivity contribution in [1.82, 2.24) is 5.32 Å². The van der Waals surface area contributed by atoms with E-state index in [1.54, 1.807) is 0 Å². The molecule has 1 aromatic rings. The fraction of sp³-hybridized carbons (Fsp3) is 0.529. The van der Waals surface area contributed by atoms with Gasteiger partial charge in [0.15, 0.2) is 0 Å². The van der Waals surface area contributed by atoms with Crippen molar-refractivity contribution in [3.05, 3.63) is 34.9 Å². The Kier molecular flexibility index (Phi) is 4.99. The predicted molar refractivity (Wildman–Crippen MR) is 81.2 cm³/mol. The van der Waals surface area contributed by atoms with Gasteiger partial charge >= 0.3 is 5.97 Å². The number of benzene rings is 1. The first-order valence-corrected chi connectivity index (χ1v) is 7.51. The van der Waals surface area contributed by atoms with Gasteiger partial charge in [-0.3, -0.25) is 4.79 Å². The van der Waals surface area contributed by atoms with Gasteiger partial charge in [-0.15, -0.1) is 0 Å². The van der Waals surface area contributed by atoms with E-state index in [0.29, 0.717) is 17.9 Å². The Bertz CT molecular complexity index is 537. The van der Waals surface area contributed by atoms with E-state index in [1.807, 2.05) is 32.0 Å². The highest BCUT2D eigenvalue weighted by atomic mass is 16.5. The zero-order valence-corrected chi connectivity index (χ0v) is 12.9. The van der Waals surface area contributed by atoms with Crippen LogP contribution in [0.1, 0.15) is 48.2 Å². The Hall–Kier alpha value is -1.84. The van der Waals surface area contributed by atoms with Crippen molar-refractivity contribution in [3.8, 4) is 0 Å². The number of carbonyl (C=O) groups is 2. The molecule has 1 amide bonds. The molecule has 1 unspecified atom stereocenters. The Labute approximate surface area is 125 Å². The van der Waals surface area contributed by atoms with Gasteiger partial charge in [-0.2, -0.15) is 0 Å². The standard InChI is InChI=1S/C17H23NO3/c1-11(2)9-15(17(20)21-3)18-16(19)14-8-7-12-5-4-6-13(12)10-14/h7-8,10-11,15H,4-6,9H2,1-3H3,(H,18,19). The number of hydrogen-bond acceptors (Lipinski definition) is 3. The SMILES string of the molecule is COC(=O)C(CC(C)C)NC(=O)c1ccc2c(c1)CCC2. The smallest absolute Gasteiger partial charge is 0.328 e. The molecule has 0 radical (unpaired) electrons. The lowest BCUT2D eigenvalue weighted by molar-refractivity contribution is -0.143. The van der Waals surface area contributed by atoms with Gasteiger partial charge in [0.05, 0.1) is 7.11 Å². The van der Waals surface area contributed by atoms with Crippen LogP contribution in [-0.4, -0.2) is 25.0 Å². The number of esters is 1. The van der Waals surface area contributed by atoms with Crippen LogP contribution in [0.3, 0.4) is 0 Å². The predicted octanol–water partition coefficient (Wildman–Crippen LogP) is 2.49. The number of rotatable bonds is 5. The fourth-order valence-corrected chi connectivity index (χ4v) is 2.78. The molecule has 0 spiro atoms. The van der Waals surface area contributed by atoms with Gasteiger partial charge in [-0.1, -0.05) is 19.9 Å². The van der Waals surface area contributed by atoms with Gasteiger partial charge in [0.25, 0.3) is 5.91 Å². The number of hydrogen-bond donors (Lipinski definition) is 1. The lowest BCUT2D eigenvalue weighted by Gasteiger charge is -2.18. The summed E-state index contributed by atoms with van der Waals surface area (Å²) in [5.41, 5.74) is 3.20. The van der Waals surface area contributed by atoms with Crippen molar-refractivity contribution in [2.24, 2.45) is 5.92 Å². The largest absolute Gasteiger partial charge is 0.467 e. The van der Waals surface area contributed by atoms with Crippen molar-refractivity contribution < 1.29 is 14.3 Å². The highest BCUT2D eigenvalue weighted by molar-refractivity contribution is 5.97. The molecule has 1 atom stereocenters. The molecule has 0 aliphatic heterocycles. The molecule has 2 rings (SSSR count). The van der Waals surface area contributed by atoms with Crippen LogP contribution >= 0.6 is 0 Å². The molecule has 0 fully saturated rings. The third-order valence-electron chi connectivity index (χ3n) is 3.86. The quantitative estimate of drug-likeness (QED) is 0.847. The number of nitrogens with one attached hydrogen (secondary N) is 1. The molecule has 0 saturated heterocycles. The number of amides is 1. The van der Waals surface area contributed by atoms with E-state index in [4.69, 9.17) is 4.74 Å². The van der Waals surface area contributed by atoms with E-state index in [2.05, 4.69) is 5.32 Å². The average molecular weight is 289 g/mol. The van der Waals surface area contributed by atoms with Crippen LogP contribution in [0.25, 0.3) is 0 Å². The van der Waals surface area contributed by atoms with Gasteiger partial charge in [0.2, 0.25) is 0 Å². The summed E-state index contributed by atoms with van der Waals surface area (Å²) < 4.78 is 4.77. The summed E-state index contributed by atoms with van der Waals surface area (Å²) in [4.78, 5) is 24.1. The van der Waals surface area contributed by atoms with E-state index in [0.717, 1.165) is 19.3 Å². The highest BCUT2D eigenvalue weighted by Gasteiger charge is 2.23. The Morgan fingerprint density at radius 3 is 2.62 bits per heavy atom. The first kappa shape index (κ1) is 15.5. The zero-order chi connectivity index (χ0) is 15.4. The first-order valence-electron chi connectivity index (χ1n) is 7.51. The zero-order valence-electron chi connectivity index (χ0n) is 12.9. The third-order valence-corrected chi connectivity index (χ3v) is 3.86. The monoisotopic (exact) mass is 289 g/mol. The maximum absolute atomic E-state index is 12.3. The molecule has 1 aliphatic carbocycles. The van der Waals surface area contributed by atoms with E-state index < -0.39 is 12.0 Å². The average Bonchev–Trinajstić information content (AvgIpc) is 2.92. The summed E-state index contributed by atoms with van der Waals surface area (Å²) in [7, 11) is 1.34. The summed E-state index contributed by atoms with van der Waals surface area (Å²) in [6, 6.07) is 5.22. The van der Waals surface area contributed by atoms with Crippen LogP contribution < -0.4 is 5.32 Å². The van der Waals surface area contributed by atoms with Crippen LogP contribution in [0, 0.1) is 5.92 Å². The summed E-state index contributed by atoms with van der Waals surface area (Å²) in [6.45, 7) is 4.02. The number of ether oxygens (including phenoxy) is 1. The molecule has 0 aromatic heterocycles. The minimum absolute atomic E-state index is 0.208. The van der Waals surface area contributed by atoms with Crippen molar-refractivity contribution in [2.45, 2.75) is 45.6 Å².